The van der Waals surface area contributed by atoms with Crippen molar-refractivity contribution in [2.75, 3.05) is 13.1 Å². The van der Waals surface area contributed by atoms with Crippen molar-refractivity contribution in [3.05, 3.63) is 12.0 Å². The summed E-state index contributed by atoms with van der Waals surface area (Å²) in [5.41, 5.74) is 0. The summed E-state index contributed by atoms with van der Waals surface area (Å²) >= 11 is 0. The lowest BCUT2D eigenvalue weighted by Crippen LogP contribution is -2.35. The molecule has 6 nitrogen and oxygen atoms in total. The van der Waals surface area contributed by atoms with E-state index in [4.69, 9.17) is 0 Å². The molecule has 0 saturated carbocycles. The summed E-state index contributed by atoms with van der Waals surface area (Å²) in [7, 11) is -3.50. The first-order chi connectivity index (χ1) is 9.03. The summed E-state index contributed by atoms with van der Waals surface area (Å²) < 4.78 is 29.2. The molecule has 0 radical (unpaired) electrons. The SMILES string of the molecule is CCn1cc(S(=O)(=O)NC2CCCNCC2)nc1C. The molecule has 1 aliphatic rings. The highest BCUT2D eigenvalue weighted by atomic mass is 32.2. The van der Waals surface area contributed by atoms with Crippen molar-refractivity contribution in [3.63, 3.8) is 0 Å². The van der Waals surface area contributed by atoms with Gasteiger partial charge in [-0.05, 0) is 46.2 Å². The summed E-state index contributed by atoms with van der Waals surface area (Å²) in [5.74, 6) is 0.727. The van der Waals surface area contributed by atoms with E-state index in [0.717, 1.165) is 44.7 Å². The number of sulfonamides is 1. The molecule has 108 valence electrons. The Bertz CT molecular complexity index is 516. The van der Waals surface area contributed by atoms with Crippen LogP contribution in [0.3, 0.4) is 0 Å². The Morgan fingerprint density at radius 3 is 2.95 bits per heavy atom. The van der Waals surface area contributed by atoms with E-state index in [-0.39, 0.29) is 11.1 Å². The molecule has 1 fully saturated rings. The van der Waals surface area contributed by atoms with Crippen LogP contribution in [0.4, 0.5) is 0 Å². The first-order valence-electron chi connectivity index (χ1n) is 6.79. The summed E-state index contributed by atoms with van der Waals surface area (Å²) in [6, 6.07) is 0.00656. The lowest BCUT2D eigenvalue weighted by Gasteiger charge is -2.14. The van der Waals surface area contributed by atoms with Gasteiger partial charge in [-0.3, -0.25) is 0 Å². The van der Waals surface area contributed by atoms with Gasteiger partial charge >= 0.3 is 0 Å². The molecule has 1 saturated heterocycles. The predicted octanol–water partition coefficient (Wildman–Crippen LogP) is 0.632. The average molecular weight is 286 g/mol. The molecule has 19 heavy (non-hydrogen) atoms. The number of hydrogen-bond donors (Lipinski definition) is 2. The first-order valence-corrected chi connectivity index (χ1v) is 8.28. The van der Waals surface area contributed by atoms with Crippen LogP contribution in [0.1, 0.15) is 32.0 Å². The van der Waals surface area contributed by atoms with Crippen molar-refractivity contribution in [2.45, 2.75) is 50.7 Å². The molecular weight excluding hydrogens is 264 g/mol. The van der Waals surface area contributed by atoms with Gasteiger partial charge in [-0.2, -0.15) is 0 Å². The molecule has 1 aliphatic heterocycles. The Hall–Kier alpha value is -0.920. The predicted molar refractivity (Wildman–Crippen MR) is 73.5 cm³/mol. The molecule has 2 N–H and O–H groups in total. The van der Waals surface area contributed by atoms with Gasteiger partial charge in [0.2, 0.25) is 0 Å². The van der Waals surface area contributed by atoms with Gasteiger partial charge in [-0.25, -0.2) is 18.1 Å². The molecule has 1 aromatic rings. The maximum absolute atomic E-state index is 12.3. The van der Waals surface area contributed by atoms with Crippen molar-refractivity contribution in [2.24, 2.45) is 0 Å². The fraction of sp³-hybridized carbons (Fsp3) is 0.750. The Morgan fingerprint density at radius 2 is 2.26 bits per heavy atom. The Labute approximate surface area is 114 Å². The van der Waals surface area contributed by atoms with E-state index < -0.39 is 10.0 Å². The van der Waals surface area contributed by atoms with Crippen LogP contribution < -0.4 is 10.0 Å². The molecule has 2 heterocycles. The van der Waals surface area contributed by atoms with Gasteiger partial charge in [0, 0.05) is 18.8 Å². The molecule has 0 bridgehead atoms. The van der Waals surface area contributed by atoms with Crippen LogP contribution in [-0.4, -0.2) is 37.1 Å². The zero-order chi connectivity index (χ0) is 13.9. The van der Waals surface area contributed by atoms with Crippen LogP contribution in [0.25, 0.3) is 0 Å². The normalized spacial score (nSPS) is 21.3. The molecule has 0 amide bonds. The van der Waals surface area contributed by atoms with Gasteiger partial charge in [0.25, 0.3) is 10.0 Å². The number of nitrogens with one attached hydrogen (secondary N) is 2. The number of nitrogens with zero attached hydrogens (tertiary/aromatic N) is 2. The van der Waals surface area contributed by atoms with Crippen LogP contribution in [0, 0.1) is 6.92 Å². The lowest BCUT2D eigenvalue weighted by atomic mass is 10.1. The van der Waals surface area contributed by atoms with Gasteiger partial charge < -0.3 is 9.88 Å². The maximum atomic E-state index is 12.3. The number of aryl methyl sites for hydroxylation is 2. The Kier molecular flexibility index (Phi) is 4.59. The van der Waals surface area contributed by atoms with Gasteiger partial charge in [0.15, 0.2) is 5.03 Å². The molecule has 0 aliphatic carbocycles. The lowest BCUT2D eigenvalue weighted by molar-refractivity contribution is 0.516. The molecule has 1 atom stereocenters. The van der Waals surface area contributed by atoms with Crippen LogP contribution >= 0.6 is 0 Å². The minimum absolute atomic E-state index is 0.00656. The van der Waals surface area contributed by atoms with Gasteiger partial charge in [0.1, 0.15) is 5.82 Å². The van der Waals surface area contributed by atoms with Crippen molar-refractivity contribution in [1.29, 1.82) is 0 Å². The molecule has 1 unspecified atom stereocenters. The van der Waals surface area contributed by atoms with Crippen molar-refractivity contribution in [3.8, 4) is 0 Å². The second-order valence-corrected chi connectivity index (χ2v) is 6.57. The van der Waals surface area contributed by atoms with Gasteiger partial charge in [-0.15, -0.1) is 0 Å². The monoisotopic (exact) mass is 286 g/mol. The molecule has 7 heteroatoms. The standard InChI is InChI=1S/C12H22N4O2S/c1-3-16-9-12(14-10(16)2)19(17,18)15-11-5-4-7-13-8-6-11/h9,11,13,15H,3-8H2,1-2H3. The third kappa shape index (κ3) is 3.55. The van der Waals surface area contributed by atoms with E-state index >= 15 is 0 Å². The van der Waals surface area contributed by atoms with Gasteiger partial charge in [0.05, 0.1) is 0 Å². The molecule has 1 aromatic heterocycles. The minimum Gasteiger partial charge on any atom is -0.334 e. The van der Waals surface area contributed by atoms with E-state index in [1.54, 1.807) is 6.20 Å². The molecule has 0 spiro atoms. The van der Waals surface area contributed by atoms with Crippen molar-refractivity contribution < 1.29 is 8.42 Å². The largest absolute Gasteiger partial charge is 0.334 e. The van der Waals surface area contributed by atoms with Crippen LogP contribution in [0.15, 0.2) is 11.2 Å². The molecule has 0 aromatic carbocycles. The Balaban J connectivity index is 2.12. The fourth-order valence-corrected chi connectivity index (χ4v) is 3.66. The van der Waals surface area contributed by atoms with Crippen molar-refractivity contribution >= 4 is 10.0 Å². The van der Waals surface area contributed by atoms with Gasteiger partial charge in [-0.1, -0.05) is 0 Å². The van der Waals surface area contributed by atoms with Crippen LogP contribution in [0.5, 0.6) is 0 Å². The first kappa shape index (κ1) is 14.5. The average Bonchev–Trinajstić information content (AvgIpc) is 2.58. The smallest absolute Gasteiger partial charge is 0.259 e. The van der Waals surface area contributed by atoms with E-state index in [1.807, 2.05) is 18.4 Å². The van der Waals surface area contributed by atoms with E-state index in [9.17, 15) is 8.42 Å². The summed E-state index contributed by atoms with van der Waals surface area (Å²) in [5, 5.41) is 3.40. The topological polar surface area (TPSA) is 76.0 Å². The van der Waals surface area contributed by atoms with Crippen molar-refractivity contribution in [1.82, 2.24) is 19.6 Å². The summed E-state index contributed by atoms with van der Waals surface area (Å²) in [4.78, 5) is 4.14. The van der Waals surface area contributed by atoms with E-state index in [1.165, 1.54) is 0 Å². The number of imidazole rings is 1. The highest BCUT2D eigenvalue weighted by Gasteiger charge is 2.23. The quantitative estimate of drug-likeness (QED) is 0.851. The highest BCUT2D eigenvalue weighted by molar-refractivity contribution is 7.89. The number of rotatable bonds is 4. The van der Waals surface area contributed by atoms with Crippen LogP contribution in [0.2, 0.25) is 0 Å². The zero-order valence-corrected chi connectivity index (χ0v) is 12.3. The summed E-state index contributed by atoms with van der Waals surface area (Å²) in [6.45, 7) is 6.33. The number of aromatic nitrogens is 2. The minimum atomic E-state index is -3.50. The van der Waals surface area contributed by atoms with Crippen LogP contribution in [-0.2, 0) is 16.6 Å². The number of hydrogen-bond acceptors (Lipinski definition) is 4. The second kappa shape index (κ2) is 6.02. The third-order valence-corrected chi connectivity index (χ3v) is 4.86. The zero-order valence-electron chi connectivity index (χ0n) is 11.5. The third-order valence-electron chi connectivity index (χ3n) is 3.47. The maximum Gasteiger partial charge on any atom is 0.259 e. The van der Waals surface area contributed by atoms with E-state index in [2.05, 4.69) is 15.0 Å². The summed E-state index contributed by atoms with van der Waals surface area (Å²) in [6.07, 6.45) is 4.30. The molecule has 2 rings (SSSR count). The second-order valence-electron chi connectivity index (χ2n) is 4.91. The molecular formula is C12H22N4O2S. The van der Waals surface area contributed by atoms with E-state index in [0.29, 0.717) is 0 Å². The highest BCUT2D eigenvalue weighted by Crippen LogP contribution is 2.13. The Morgan fingerprint density at radius 1 is 1.47 bits per heavy atom. The fourth-order valence-electron chi connectivity index (χ4n) is 2.35.